The first-order chi connectivity index (χ1) is 12.6. The van der Waals surface area contributed by atoms with Gasteiger partial charge in [-0.2, -0.15) is 4.98 Å². The minimum atomic E-state index is -0.572. The summed E-state index contributed by atoms with van der Waals surface area (Å²) in [6.45, 7) is 0.00455. The number of methoxy groups -OCH3 is 2. The van der Waals surface area contributed by atoms with Crippen molar-refractivity contribution < 1.29 is 23.5 Å². The van der Waals surface area contributed by atoms with Crippen LogP contribution in [0.5, 0.6) is 17.2 Å². The van der Waals surface area contributed by atoms with Crippen LogP contribution in [-0.2, 0) is 6.61 Å². The van der Waals surface area contributed by atoms with Crippen LogP contribution in [0.4, 0.5) is 0 Å². The number of hydrogen-bond donors (Lipinski definition) is 1. The Labute approximate surface area is 149 Å². The molecule has 0 aliphatic heterocycles. The number of aromatic nitrogens is 2. The van der Waals surface area contributed by atoms with E-state index in [9.17, 15) is 4.79 Å². The molecule has 8 nitrogen and oxygen atoms in total. The molecule has 2 aromatic carbocycles. The van der Waals surface area contributed by atoms with Crippen LogP contribution < -0.4 is 19.9 Å². The zero-order valence-corrected chi connectivity index (χ0v) is 14.3. The maximum atomic E-state index is 11.4. The SMILES string of the molecule is COc1ccc(-c2noc(COc3ccccc3C(N)=O)n2)cc1OC. The molecule has 0 fully saturated rings. The highest BCUT2D eigenvalue weighted by molar-refractivity contribution is 5.95. The molecular formula is C18H17N3O5. The van der Waals surface area contributed by atoms with Gasteiger partial charge in [-0.25, -0.2) is 0 Å². The number of primary amides is 1. The summed E-state index contributed by atoms with van der Waals surface area (Å²) in [4.78, 5) is 15.7. The lowest BCUT2D eigenvalue weighted by molar-refractivity contribution is 0.0995. The Morgan fingerprint density at radius 3 is 2.58 bits per heavy atom. The number of nitrogens with two attached hydrogens (primary N) is 1. The van der Waals surface area contributed by atoms with E-state index in [1.165, 1.54) is 0 Å². The third-order valence-electron chi connectivity index (χ3n) is 3.61. The highest BCUT2D eigenvalue weighted by Gasteiger charge is 2.14. The number of rotatable bonds is 7. The highest BCUT2D eigenvalue weighted by Crippen LogP contribution is 2.31. The molecule has 0 atom stereocenters. The third-order valence-corrected chi connectivity index (χ3v) is 3.61. The molecule has 1 amide bonds. The number of para-hydroxylation sites is 1. The van der Waals surface area contributed by atoms with Crippen molar-refractivity contribution in [2.75, 3.05) is 14.2 Å². The number of amides is 1. The van der Waals surface area contributed by atoms with Gasteiger partial charge in [0.15, 0.2) is 18.1 Å². The minimum Gasteiger partial charge on any atom is -0.493 e. The summed E-state index contributed by atoms with van der Waals surface area (Å²) in [6.07, 6.45) is 0. The second-order valence-electron chi connectivity index (χ2n) is 5.23. The predicted molar refractivity (Wildman–Crippen MR) is 92.1 cm³/mol. The topological polar surface area (TPSA) is 110 Å². The minimum absolute atomic E-state index is 0.00455. The molecule has 0 aliphatic rings. The second-order valence-corrected chi connectivity index (χ2v) is 5.23. The predicted octanol–water partition coefficient (Wildman–Crippen LogP) is 2.43. The molecule has 1 heterocycles. The van der Waals surface area contributed by atoms with E-state index in [4.69, 9.17) is 24.5 Å². The van der Waals surface area contributed by atoms with Crippen molar-refractivity contribution in [2.24, 2.45) is 5.73 Å². The number of carbonyl (C=O) groups excluding carboxylic acids is 1. The number of carbonyl (C=O) groups is 1. The highest BCUT2D eigenvalue weighted by atomic mass is 16.5. The molecule has 0 spiro atoms. The molecule has 3 aromatic rings. The van der Waals surface area contributed by atoms with E-state index in [1.807, 2.05) is 0 Å². The van der Waals surface area contributed by atoms with Crippen LogP contribution in [0.25, 0.3) is 11.4 Å². The van der Waals surface area contributed by atoms with Gasteiger partial charge in [0.25, 0.3) is 11.8 Å². The summed E-state index contributed by atoms with van der Waals surface area (Å²) in [7, 11) is 3.11. The van der Waals surface area contributed by atoms with Crippen molar-refractivity contribution in [1.82, 2.24) is 10.1 Å². The Kier molecular flexibility index (Phi) is 5.02. The van der Waals surface area contributed by atoms with E-state index in [2.05, 4.69) is 10.1 Å². The zero-order valence-electron chi connectivity index (χ0n) is 14.3. The summed E-state index contributed by atoms with van der Waals surface area (Å²) in [5.41, 5.74) is 6.31. The van der Waals surface area contributed by atoms with E-state index >= 15 is 0 Å². The van der Waals surface area contributed by atoms with Crippen LogP contribution in [0, 0.1) is 0 Å². The lowest BCUT2D eigenvalue weighted by atomic mass is 10.2. The lowest BCUT2D eigenvalue weighted by Crippen LogP contribution is -2.12. The van der Waals surface area contributed by atoms with Crippen LogP contribution in [0.2, 0.25) is 0 Å². The van der Waals surface area contributed by atoms with Gasteiger partial charge in [0.1, 0.15) is 5.75 Å². The molecule has 0 radical (unpaired) electrons. The fourth-order valence-electron chi connectivity index (χ4n) is 2.34. The third kappa shape index (κ3) is 3.59. The first-order valence-electron chi connectivity index (χ1n) is 7.69. The quantitative estimate of drug-likeness (QED) is 0.693. The summed E-state index contributed by atoms with van der Waals surface area (Å²) in [5, 5.41) is 3.93. The Morgan fingerprint density at radius 2 is 1.85 bits per heavy atom. The Morgan fingerprint density at radius 1 is 1.08 bits per heavy atom. The van der Waals surface area contributed by atoms with Crippen LogP contribution in [0.1, 0.15) is 16.2 Å². The Balaban J connectivity index is 1.76. The van der Waals surface area contributed by atoms with Gasteiger partial charge in [0.05, 0.1) is 19.8 Å². The molecule has 0 unspecified atom stereocenters. The van der Waals surface area contributed by atoms with Crippen molar-refractivity contribution in [1.29, 1.82) is 0 Å². The molecule has 0 aliphatic carbocycles. The van der Waals surface area contributed by atoms with Crippen LogP contribution in [0.3, 0.4) is 0 Å². The molecule has 134 valence electrons. The number of nitrogens with zero attached hydrogens (tertiary/aromatic N) is 2. The smallest absolute Gasteiger partial charge is 0.264 e. The van der Waals surface area contributed by atoms with Crippen molar-refractivity contribution in [3.8, 4) is 28.6 Å². The Hall–Kier alpha value is -3.55. The van der Waals surface area contributed by atoms with Gasteiger partial charge in [0.2, 0.25) is 5.82 Å². The van der Waals surface area contributed by atoms with Gasteiger partial charge in [-0.05, 0) is 30.3 Å². The number of benzene rings is 2. The number of ether oxygens (including phenoxy) is 3. The average Bonchev–Trinajstić information content (AvgIpc) is 3.15. The molecule has 2 N–H and O–H groups in total. The van der Waals surface area contributed by atoms with Crippen molar-refractivity contribution in [2.45, 2.75) is 6.61 Å². The summed E-state index contributed by atoms with van der Waals surface area (Å²) < 4.78 is 21.2. The van der Waals surface area contributed by atoms with Gasteiger partial charge in [-0.3, -0.25) is 4.79 Å². The van der Waals surface area contributed by atoms with Crippen LogP contribution in [0.15, 0.2) is 47.0 Å². The van der Waals surface area contributed by atoms with E-state index in [0.29, 0.717) is 28.6 Å². The molecule has 1 aromatic heterocycles. The molecule has 26 heavy (non-hydrogen) atoms. The van der Waals surface area contributed by atoms with Crippen molar-refractivity contribution in [3.05, 3.63) is 53.9 Å². The normalized spacial score (nSPS) is 10.4. The maximum Gasteiger partial charge on any atom is 0.264 e. The van der Waals surface area contributed by atoms with Crippen LogP contribution >= 0.6 is 0 Å². The molecule has 8 heteroatoms. The lowest BCUT2D eigenvalue weighted by Gasteiger charge is -2.07. The van der Waals surface area contributed by atoms with Gasteiger partial charge >= 0.3 is 0 Å². The fourth-order valence-corrected chi connectivity index (χ4v) is 2.34. The second kappa shape index (κ2) is 7.56. The van der Waals surface area contributed by atoms with Gasteiger partial charge < -0.3 is 24.5 Å². The molecule has 0 saturated carbocycles. The summed E-state index contributed by atoms with van der Waals surface area (Å²) >= 11 is 0. The van der Waals surface area contributed by atoms with E-state index in [1.54, 1.807) is 56.7 Å². The van der Waals surface area contributed by atoms with Gasteiger partial charge in [0, 0.05) is 5.56 Å². The number of hydrogen-bond acceptors (Lipinski definition) is 7. The van der Waals surface area contributed by atoms with Crippen molar-refractivity contribution in [3.63, 3.8) is 0 Å². The van der Waals surface area contributed by atoms with Crippen LogP contribution in [-0.4, -0.2) is 30.3 Å². The summed E-state index contributed by atoms with van der Waals surface area (Å²) in [5.74, 6) is 1.58. The average molecular weight is 355 g/mol. The zero-order chi connectivity index (χ0) is 18.5. The van der Waals surface area contributed by atoms with E-state index in [0.717, 1.165) is 0 Å². The fraction of sp³-hybridized carbons (Fsp3) is 0.167. The van der Waals surface area contributed by atoms with Gasteiger partial charge in [-0.1, -0.05) is 17.3 Å². The first-order valence-corrected chi connectivity index (χ1v) is 7.69. The molecule has 0 bridgehead atoms. The van der Waals surface area contributed by atoms with E-state index in [-0.39, 0.29) is 18.1 Å². The molecule has 3 rings (SSSR count). The largest absolute Gasteiger partial charge is 0.493 e. The maximum absolute atomic E-state index is 11.4. The van der Waals surface area contributed by atoms with Crippen molar-refractivity contribution >= 4 is 5.91 Å². The molecule has 0 saturated heterocycles. The van der Waals surface area contributed by atoms with Gasteiger partial charge in [-0.15, -0.1) is 0 Å². The monoisotopic (exact) mass is 355 g/mol. The standard InChI is InChI=1S/C18H17N3O5/c1-23-14-8-7-11(9-15(14)24-2)18-20-16(26-21-18)10-25-13-6-4-3-5-12(13)17(19)22/h3-9H,10H2,1-2H3,(H2,19,22). The first kappa shape index (κ1) is 17.3. The summed E-state index contributed by atoms with van der Waals surface area (Å²) in [6, 6.07) is 12.0. The molecular weight excluding hydrogens is 338 g/mol. The van der Waals surface area contributed by atoms with E-state index < -0.39 is 5.91 Å². The Bertz CT molecular complexity index is 923.